The van der Waals surface area contributed by atoms with Gasteiger partial charge in [0.1, 0.15) is 30.6 Å². The van der Waals surface area contributed by atoms with E-state index in [-0.39, 0.29) is 50.5 Å². The Balaban J connectivity index is 1.91. The van der Waals surface area contributed by atoms with Crippen LogP contribution in [0, 0.1) is 35.5 Å². The molecule has 51 heavy (non-hydrogen) atoms. The number of rotatable bonds is 8. The summed E-state index contributed by atoms with van der Waals surface area (Å²) in [6.07, 6.45) is 2.42. The molecule has 286 valence electrons. The topological polar surface area (TPSA) is 141 Å². The van der Waals surface area contributed by atoms with Crippen molar-refractivity contribution in [1.82, 2.24) is 9.80 Å². The maximum absolute atomic E-state index is 16.8. The number of likely N-dealkylation sites (N-methyl/N-ethyl adjacent to an activating group) is 1. The number of nitrogens with zero attached hydrogens (tertiary/aromatic N) is 2. The molecule has 0 radical (unpaired) electrons. The van der Waals surface area contributed by atoms with Gasteiger partial charge >= 0.3 is 11.9 Å². The molecule has 12 nitrogen and oxygen atoms in total. The van der Waals surface area contributed by atoms with Crippen molar-refractivity contribution in [1.29, 1.82) is 0 Å². The van der Waals surface area contributed by atoms with Crippen LogP contribution in [0.5, 0.6) is 0 Å². The number of aliphatic hydroxyl groups is 1. The van der Waals surface area contributed by atoms with E-state index in [9.17, 15) is 24.3 Å². The fraction of sp³-hybridized carbons (Fsp3) is 0.789. The summed E-state index contributed by atoms with van der Waals surface area (Å²) >= 11 is 0. The number of ether oxygens (including phenoxy) is 5. The molecule has 0 aromatic rings. The zero-order valence-corrected chi connectivity index (χ0v) is 31.8. The number of likely N-dealkylation sites (tertiary alicyclic amines) is 1. The van der Waals surface area contributed by atoms with Crippen LogP contribution < -0.4 is 0 Å². The highest BCUT2D eigenvalue weighted by molar-refractivity contribution is 6.08. The van der Waals surface area contributed by atoms with Crippen molar-refractivity contribution >= 4 is 23.5 Å². The summed E-state index contributed by atoms with van der Waals surface area (Å²) < 4.78 is 47.5. The quantitative estimate of drug-likeness (QED) is 0.171. The Kier molecular flexibility index (Phi) is 12.0. The van der Waals surface area contributed by atoms with Crippen molar-refractivity contribution in [2.75, 3.05) is 33.8 Å². The zero-order valence-electron chi connectivity index (χ0n) is 31.8. The number of hydrogen-bond acceptors (Lipinski definition) is 12. The second kappa shape index (κ2) is 15.0. The van der Waals surface area contributed by atoms with E-state index in [2.05, 4.69) is 12.5 Å². The molecule has 4 rings (SSSR count). The minimum absolute atomic E-state index is 0.0596. The molecular weight excluding hydrogens is 663 g/mol. The van der Waals surface area contributed by atoms with Gasteiger partial charge in [0.2, 0.25) is 0 Å². The molecule has 4 saturated heterocycles. The first-order chi connectivity index (χ1) is 23.6. The van der Waals surface area contributed by atoms with Crippen LogP contribution in [0.1, 0.15) is 74.7 Å². The lowest BCUT2D eigenvalue weighted by atomic mass is 9.62. The lowest BCUT2D eigenvalue weighted by molar-refractivity contribution is -0.296. The van der Waals surface area contributed by atoms with Crippen molar-refractivity contribution in [3.63, 3.8) is 0 Å². The van der Waals surface area contributed by atoms with Crippen LogP contribution in [0.2, 0.25) is 0 Å². The van der Waals surface area contributed by atoms with Crippen LogP contribution in [-0.2, 0) is 42.9 Å². The zero-order chi connectivity index (χ0) is 38.4. The Bertz CT molecular complexity index is 1410. The van der Waals surface area contributed by atoms with E-state index in [1.807, 2.05) is 30.8 Å². The first-order valence-electron chi connectivity index (χ1n) is 17.9. The predicted octanol–water partition coefficient (Wildman–Crippen LogP) is 2.88. The maximum Gasteiger partial charge on any atom is 0.351 e. The standard InChI is InChI=1S/C38H57FN2O10/c1-13-16-41-20-35(7)28-26(41)32(45)51-38(28,10)25(15-3)49-34(46)37(9,39)30(44)23(6)31(36(8,47-17-14-2)19-21(4)29(35)43)50-33-27(42)24(40(11)12)18-22(5)48-33/h2,13,21-28,31,33,42H,1,15-20H2,3-12H3/t21-,22-,23+,24+,25-,26?,27-,28?,31-,33+,35?,36+,37+,38-/m1/s1. The van der Waals surface area contributed by atoms with Crippen molar-refractivity contribution in [2.24, 2.45) is 23.2 Å². The number of alkyl halides is 1. The largest absolute Gasteiger partial charge is 0.455 e. The molecule has 0 aromatic carbocycles. The van der Waals surface area contributed by atoms with Crippen LogP contribution in [-0.4, -0.2) is 132 Å². The van der Waals surface area contributed by atoms with Gasteiger partial charge in [-0.2, -0.15) is 0 Å². The molecule has 0 bridgehead atoms. The molecule has 14 atom stereocenters. The molecule has 4 aliphatic heterocycles. The normalized spacial score (nSPS) is 45.5. The first-order valence-corrected chi connectivity index (χ1v) is 17.9. The average molecular weight is 721 g/mol. The number of esters is 2. The Morgan fingerprint density at radius 3 is 2.35 bits per heavy atom. The number of terminal acetylenes is 1. The summed E-state index contributed by atoms with van der Waals surface area (Å²) in [5, 5.41) is 11.4. The third-order valence-corrected chi connectivity index (χ3v) is 11.8. The number of Topliss-reactive ketones (excluding diaryl/α,β-unsaturated/α-hetero) is 2. The van der Waals surface area contributed by atoms with Gasteiger partial charge in [-0.1, -0.05) is 39.7 Å². The molecule has 0 saturated carbocycles. The van der Waals surface area contributed by atoms with E-state index in [0.29, 0.717) is 6.42 Å². The first kappa shape index (κ1) is 41.0. The van der Waals surface area contributed by atoms with E-state index in [1.54, 1.807) is 40.7 Å². The Morgan fingerprint density at radius 1 is 1.14 bits per heavy atom. The summed E-state index contributed by atoms with van der Waals surface area (Å²) in [6, 6.07) is -1.25. The monoisotopic (exact) mass is 720 g/mol. The predicted molar refractivity (Wildman–Crippen MR) is 185 cm³/mol. The van der Waals surface area contributed by atoms with Gasteiger partial charge in [0.25, 0.3) is 5.67 Å². The second-order valence-corrected chi connectivity index (χ2v) is 16.0. The van der Waals surface area contributed by atoms with Gasteiger partial charge in [0, 0.05) is 42.3 Å². The molecular formula is C38H57FN2O10. The van der Waals surface area contributed by atoms with Crippen LogP contribution in [0.25, 0.3) is 0 Å². The minimum atomic E-state index is -3.19. The summed E-state index contributed by atoms with van der Waals surface area (Å²) in [5.41, 5.74) is -7.52. The van der Waals surface area contributed by atoms with E-state index < -0.39 is 88.4 Å². The van der Waals surface area contributed by atoms with Crippen molar-refractivity contribution in [2.45, 2.75) is 134 Å². The SMILES string of the molecule is C#CCO[C@@]1(C)C[C@@H](C)C(=O)C2(C)CN(CC=C)C3C(=O)O[C@@](C)(C32)[C@@H](CC)OC(=O)[C@@](C)(F)C(=O)[C@H](C)[C@H]1O[C@@H]1O[C@H](C)C[C@H](N(C)C)[C@H]1O. The number of ketones is 2. The number of carbonyl (C=O) groups is 4. The smallest absolute Gasteiger partial charge is 0.351 e. The summed E-state index contributed by atoms with van der Waals surface area (Å²) in [6.45, 7) is 16.5. The molecule has 4 fully saturated rings. The number of hydrogen-bond donors (Lipinski definition) is 1. The fourth-order valence-corrected chi connectivity index (χ4v) is 9.42. The van der Waals surface area contributed by atoms with Crippen LogP contribution in [0.4, 0.5) is 4.39 Å². The van der Waals surface area contributed by atoms with Gasteiger partial charge < -0.3 is 33.7 Å². The van der Waals surface area contributed by atoms with Gasteiger partial charge in [-0.05, 0) is 61.1 Å². The summed E-state index contributed by atoms with van der Waals surface area (Å²) in [7, 11) is 3.62. The average Bonchev–Trinajstić information content (AvgIpc) is 3.53. The van der Waals surface area contributed by atoms with Gasteiger partial charge in [0.05, 0.1) is 17.8 Å². The molecule has 13 heteroatoms. The molecule has 0 spiro atoms. The Hall–Kier alpha value is -2.73. The van der Waals surface area contributed by atoms with Crippen LogP contribution in [0.15, 0.2) is 12.7 Å². The maximum atomic E-state index is 16.8. The van der Waals surface area contributed by atoms with Crippen LogP contribution in [0.3, 0.4) is 0 Å². The molecule has 4 heterocycles. The van der Waals surface area contributed by atoms with Gasteiger partial charge in [-0.3, -0.25) is 19.3 Å². The van der Waals surface area contributed by atoms with E-state index in [4.69, 9.17) is 30.1 Å². The lowest BCUT2D eigenvalue weighted by Crippen LogP contribution is -2.61. The Morgan fingerprint density at radius 2 is 1.78 bits per heavy atom. The summed E-state index contributed by atoms with van der Waals surface area (Å²) in [5.74, 6) is -4.02. The second-order valence-electron chi connectivity index (χ2n) is 16.0. The van der Waals surface area contributed by atoms with E-state index >= 15 is 4.39 Å². The van der Waals surface area contributed by atoms with Gasteiger partial charge in [0.15, 0.2) is 17.7 Å². The third kappa shape index (κ3) is 7.17. The molecule has 0 aliphatic carbocycles. The fourth-order valence-electron chi connectivity index (χ4n) is 9.42. The van der Waals surface area contributed by atoms with E-state index in [0.717, 1.165) is 6.92 Å². The van der Waals surface area contributed by atoms with Crippen LogP contribution >= 0.6 is 0 Å². The van der Waals surface area contributed by atoms with Crippen molar-refractivity contribution in [3.8, 4) is 12.3 Å². The molecule has 1 N–H and O–H groups in total. The highest BCUT2D eigenvalue weighted by Gasteiger charge is 2.71. The third-order valence-electron chi connectivity index (χ3n) is 11.8. The van der Waals surface area contributed by atoms with Gasteiger partial charge in [-0.25, -0.2) is 9.18 Å². The number of aliphatic hydroxyl groups excluding tert-OH is 1. The highest BCUT2D eigenvalue weighted by Crippen LogP contribution is 2.56. The number of cyclic esters (lactones) is 1. The molecule has 4 aliphatic rings. The molecule has 0 aromatic heterocycles. The highest BCUT2D eigenvalue weighted by atomic mass is 19.1. The number of halogens is 1. The van der Waals surface area contributed by atoms with Gasteiger partial charge in [-0.15, -0.1) is 13.0 Å². The molecule has 3 unspecified atom stereocenters. The number of carbonyl (C=O) groups excluding carboxylic acids is 4. The lowest BCUT2D eigenvalue weighted by Gasteiger charge is -2.48. The minimum Gasteiger partial charge on any atom is -0.455 e. The van der Waals surface area contributed by atoms with E-state index in [1.165, 1.54) is 6.92 Å². The summed E-state index contributed by atoms with van der Waals surface area (Å²) in [4.78, 5) is 60.3. The van der Waals surface area contributed by atoms with Crippen molar-refractivity contribution in [3.05, 3.63) is 12.7 Å². The van der Waals surface area contributed by atoms with Crippen molar-refractivity contribution < 1.29 is 52.4 Å². The molecule has 0 amide bonds. The Labute approximate surface area is 301 Å².